The first kappa shape index (κ1) is 14.4. The minimum absolute atomic E-state index is 0.294. The van der Waals surface area contributed by atoms with E-state index in [2.05, 4.69) is 15.3 Å². The fraction of sp³-hybridized carbons (Fsp3) is 0.583. The van der Waals surface area contributed by atoms with Crippen LogP contribution < -0.4 is 11.1 Å². The maximum atomic E-state index is 11.6. The highest BCUT2D eigenvalue weighted by molar-refractivity contribution is 5.90. The van der Waals surface area contributed by atoms with E-state index in [0.29, 0.717) is 30.4 Å². The Hall–Kier alpha value is -1.69. The van der Waals surface area contributed by atoms with E-state index in [1.165, 1.54) is 6.20 Å². The van der Waals surface area contributed by atoms with Crippen LogP contribution in [0.25, 0.3) is 0 Å². The van der Waals surface area contributed by atoms with E-state index in [9.17, 15) is 4.79 Å². The average Bonchev–Trinajstić information content (AvgIpc) is 2.29. The van der Waals surface area contributed by atoms with Gasteiger partial charge in [0.25, 0.3) is 0 Å². The fourth-order valence-electron chi connectivity index (χ4n) is 1.29. The number of nitrogens with two attached hydrogens (primary N) is 1. The second kappa shape index (κ2) is 5.77. The molecule has 0 fully saturated rings. The predicted molar refractivity (Wildman–Crippen MR) is 69.5 cm³/mol. The van der Waals surface area contributed by atoms with Gasteiger partial charge in [-0.2, -0.15) is 0 Å². The third-order valence-electron chi connectivity index (χ3n) is 2.44. The number of esters is 1. The van der Waals surface area contributed by atoms with E-state index in [1.807, 2.05) is 13.8 Å². The molecule has 0 amide bonds. The van der Waals surface area contributed by atoms with E-state index in [-0.39, 0.29) is 5.54 Å². The normalized spacial score (nSPS) is 11.2. The summed E-state index contributed by atoms with van der Waals surface area (Å²) in [6.07, 6.45) is 1.47. The number of carbonyl (C=O) groups is 1. The molecule has 1 aromatic heterocycles. The first-order chi connectivity index (χ1) is 8.39. The zero-order valence-electron chi connectivity index (χ0n) is 11.3. The molecule has 0 aliphatic rings. The summed E-state index contributed by atoms with van der Waals surface area (Å²) in [5, 5.41) is 3.11. The highest BCUT2D eigenvalue weighted by Gasteiger charge is 2.18. The number of nitrogens with one attached hydrogen (secondary N) is 1. The van der Waals surface area contributed by atoms with Gasteiger partial charge in [-0.05, 0) is 27.7 Å². The van der Waals surface area contributed by atoms with Gasteiger partial charge in [0.2, 0.25) is 5.95 Å². The van der Waals surface area contributed by atoms with Crippen LogP contribution in [0, 0.1) is 6.92 Å². The van der Waals surface area contributed by atoms with Crippen LogP contribution in [0.5, 0.6) is 0 Å². The van der Waals surface area contributed by atoms with Crippen molar-refractivity contribution in [3.8, 4) is 0 Å². The van der Waals surface area contributed by atoms with Gasteiger partial charge in [-0.1, -0.05) is 0 Å². The summed E-state index contributed by atoms with van der Waals surface area (Å²) < 4.78 is 4.91. The number of rotatable bonds is 5. The van der Waals surface area contributed by atoms with Gasteiger partial charge < -0.3 is 15.8 Å². The lowest BCUT2D eigenvalue weighted by atomic mass is 10.1. The molecule has 0 aliphatic carbocycles. The Morgan fingerprint density at radius 2 is 2.22 bits per heavy atom. The lowest BCUT2D eigenvalue weighted by molar-refractivity contribution is 0.0524. The quantitative estimate of drug-likeness (QED) is 0.763. The van der Waals surface area contributed by atoms with Crippen LogP contribution in [0.4, 0.5) is 5.95 Å². The lowest BCUT2D eigenvalue weighted by Gasteiger charge is -2.24. The smallest absolute Gasteiger partial charge is 0.341 e. The van der Waals surface area contributed by atoms with Crippen molar-refractivity contribution in [2.75, 3.05) is 18.5 Å². The number of hydrogen-bond acceptors (Lipinski definition) is 6. The predicted octanol–water partition coefficient (Wildman–Crippen LogP) is 1.11. The molecule has 3 N–H and O–H groups in total. The summed E-state index contributed by atoms with van der Waals surface area (Å²) in [6, 6.07) is 0. The molecule has 0 radical (unpaired) electrons. The third kappa shape index (κ3) is 3.66. The Balaban J connectivity index is 2.89. The molecule has 1 aromatic rings. The summed E-state index contributed by atoms with van der Waals surface area (Å²) >= 11 is 0. The van der Waals surface area contributed by atoms with Crippen LogP contribution in [0.15, 0.2) is 6.20 Å². The van der Waals surface area contributed by atoms with E-state index in [1.54, 1.807) is 13.8 Å². The molecule has 100 valence electrons. The third-order valence-corrected chi connectivity index (χ3v) is 2.44. The van der Waals surface area contributed by atoms with Crippen molar-refractivity contribution < 1.29 is 9.53 Å². The van der Waals surface area contributed by atoms with Crippen LogP contribution in [0.2, 0.25) is 0 Å². The van der Waals surface area contributed by atoms with Crippen LogP contribution in [-0.2, 0) is 4.74 Å². The van der Waals surface area contributed by atoms with Crippen molar-refractivity contribution in [3.05, 3.63) is 17.5 Å². The van der Waals surface area contributed by atoms with Gasteiger partial charge in [-0.25, -0.2) is 14.8 Å². The number of aromatic nitrogens is 2. The Morgan fingerprint density at radius 1 is 1.56 bits per heavy atom. The van der Waals surface area contributed by atoms with Gasteiger partial charge >= 0.3 is 5.97 Å². The molecule has 6 heteroatoms. The van der Waals surface area contributed by atoms with Crippen LogP contribution in [0.3, 0.4) is 0 Å². The molecule has 0 bridgehead atoms. The summed E-state index contributed by atoms with van der Waals surface area (Å²) in [6.45, 7) is 8.19. The summed E-state index contributed by atoms with van der Waals surface area (Å²) in [4.78, 5) is 19.9. The minimum Gasteiger partial charge on any atom is -0.462 e. The SMILES string of the molecule is CCOC(=O)c1cnc(NC(C)(C)CN)nc1C. The van der Waals surface area contributed by atoms with E-state index >= 15 is 0 Å². The molecule has 6 nitrogen and oxygen atoms in total. The Labute approximate surface area is 107 Å². The Bertz CT molecular complexity index is 432. The molecular formula is C12H20N4O2. The van der Waals surface area contributed by atoms with Gasteiger partial charge in [0, 0.05) is 18.3 Å². The number of ether oxygens (including phenoxy) is 1. The molecule has 0 aliphatic heterocycles. The van der Waals surface area contributed by atoms with Crippen LogP contribution in [0.1, 0.15) is 36.8 Å². The maximum absolute atomic E-state index is 11.6. The molecule has 1 rings (SSSR count). The summed E-state index contributed by atoms with van der Waals surface area (Å²) in [5.74, 6) is 0.0515. The zero-order valence-corrected chi connectivity index (χ0v) is 11.3. The average molecular weight is 252 g/mol. The van der Waals surface area contributed by atoms with E-state index in [4.69, 9.17) is 10.5 Å². The Kier molecular flexibility index (Phi) is 4.61. The molecular weight excluding hydrogens is 232 g/mol. The van der Waals surface area contributed by atoms with Crippen LogP contribution >= 0.6 is 0 Å². The number of hydrogen-bond donors (Lipinski definition) is 2. The molecule has 1 heterocycles. The molecule has 0 unspecified atom stereocenters. The minimum atomic E-state index is -0.403. The van der Waals surface area contributed by atoms with Crippen molar-refractivity contribution in [1.29, 1.82) is 0 Å². The van der Waals surface area contributed by atoms with E-state index < -0.39 is 5.97 Å². The second-order valence-electron chi connectivity index (χ2n) is 4.63. The van der Waals surface area contributed by atoms with E-state index in [0.717, 1.165) is 0 Å². The van der Waals surface area contributed by atoms with Crippen molar-refractivity contribution in [1.82, 2.24) is 9.97 Å². The second-order valence-corrected chi connectivity index (χ2v) is 4.63. The van der Waals surface area contributed by atoms with Gasteiger partial charge in [0.1, 0.15) is 0 Å². The zero-order chi connectivity index (χ0) is 13.8. The van der Waals surface area contributed by atoms with Crippen molar-refractivity contribution >= 4 is 11.9 Å². The topological polar surface area (TPSA) is 90.1 Å². The maximum Gasteiger partial charge on any atom is 0.341 e. The molecule has 0 saturated carbocycles. The molecule has 18 heavy (non-hydrogen) atoms. The first-order valence-corrected chi connectivity index (χ1v) is 5.88. The number of anilines is 1. The number of nitrogens with zero attached hydrogens (tertiary/aromatic N) is 2. The standard InChI is InChI=1S/C12H20N4O2/c1-5-18-10(17)9-6-14-11(15-8(9)2)16-12(3,4)7-13/h6H,5,7,13H2,1-4H3,(H,14,15,16). The van der Waals surface area contributed by atoms with Gasteiger partial charge in [0.05, 0.1) is 17.9 Å². The van der Waals surface area contributed by atoms with Crippen LogP contribution in [-0.4, -0.2) is 34.6 Å². The van der Waals surface area contributed by atoms with Crippen molar-refractivity contribution in [3.63, 3.8) is 0 Å². The fourth-order valence-corrected chi connectivity index (χ4v) is 1.29. The summed E-state index contributed by atoms with van der Waals surface area (Å²) in [7, 11) is 0. The largest absolute Gasteiger partial charge is 0.462 e. The number of aryl methyl sites for hydroxylation is 1. The van der Waals surface area contributed by atoms with Gasteiger partial charge in [-0.3, -0.25) is 0 Å². The monoisotopic (exact) mass is 252 g/mol. The molecule has 0 atom stereocenters. The first-order valence-electron chi connectivity index (χ1n) is 5.88. The summed E-state index contributed by atoms with van der Waals surface area (Å²) in [5.41, 5.74) is 6.29. The number of carbonyl (C=O) groups excluding carboxylic acids is 1. The Morgan fingerprint density at radius 3 is 2.72 bits per heavy atom. The van der Waals surface area contributed by atoms with Crippen molar-refractivity contribution in [2.24, 2.45) is 5.73 Å². The van der Waals surface area contributed by atoms with Gasteiger partial charge in [0.15, 0.2) is 0 Å². The molecule has 0 saturated heterocycles. The van der Waals surface area contributed by atoms with Crippen molar-refractivity contribution in [2.45, 2.75) is 33.2 Å². The highest BCUT2D eigenvalue weighted by Crippen LogP contribution is 2.12. The highest BCUT2D eigenvalue weighted by atomic mass is 16.5. The van der Waals surface area contributed by atoms with Gasteiger partial charge in [-0.15, -0.1) is 0 Å². The molecule has 0 spiro atoms. The molecule has 0 aromatic carbocycles. The lowest BCUT2D eigenvalue weighted by Crippen LogP contribution is -2.39.